The third-order valence-corrected chi connectivity index (χ3v) is 4.29. The Hall–Kier alpha value is -1.39. The van der Waals surface area contributed by atoms with Crippen LogP contribution < -0.4 is 0 Å². The molecule has 2 aromatic carbocycles. The lowest BCUT2D eigenvalue weighted by atomic mass is 10.1. The lowest BCUT2D eigenvalue weighted by molar-refractivity contribution is 0.603. The van der Waals surface area contributed by atoms with E-state index < -0.39 is 0 Å². The molecule has 0 radical (unpaired) electrons. The molecule has 1 atom stereocenters. The van der Waals surface area contributed by atoms with Crippen LogP contribution in [0.15, 0.2) is 46.9 Å². The largest absolute Gasteiger partial charge is 0.320 e. The SMILES string of the molecule is CC(c1cccc(F)c1)n1c(CCl)nc2ccc(Br)cc21. The zero-order chi connectivity index (χ0) is 15.0. The van der Waals surface area contributed by atoms with Crippen LogP contribution in [0.1, 0.15) is 24.4 Å². The minimum atomic E-state index is -0.239. The lowest BCUT2D eigenvalue weighted by Gasteiger charge is -2.17. The van der Waals surface area contributed by atoms with Crippen LogP contribution in [-0.4, -0.2) is 9.55 Å². The Morgan fingerprint density at radius 3 is 2.81 bits per heavy atom. The van der Waals surface area contributed by atoms with Crippen LogP contribution in [0.5, 0.6) is 0 Å². The summed E-state index contributed by atoms with van der Waals surface area (Å²) in [6, 6.07) is 12.5. The van der Waals surface area contributed by atoms with Gasteiger partial charge in [0.2, 0.25) is 0 Å². The number of hydrogen-bond donors (Lipinski definition) is 0. The van der Waals surface area contributed by atoms with Crippen molar-refractivity contribution in [3.8, 4) is 0 Å². The van der Waals surface area contributed by atoms with Gasteiger partial charge >= 0.3 is 0 Å². The Kier molecular flexibility index (Phi) is 4.00. The van der Waals surface area contributed by atoms with E-state index in [0.717, 1.165) is 26.9 Å². The Balaban J connectivity index is 2.20. The van der Waals surface area contributed by atoms with E-state index >= 15 is 0 Å². The average molecular weight is 368 g/mol. The van der Waals surface area contributed by atoms with E-state index in [1.54, 1.807) is 12.1 Å². The zero-order valence-corrected chi connectivity index (χ0v) is 13.7. The monoisotopic (exact) mass is 366 g/mol. The van der Waals surface area contributed by atoms with Gasteiger partial charge in [-0.25, -0.2) is 9.37 Å². The summed E-state index contributed by atoms with van der Waals surface area (Å²) in [4.78, 5) is 4.56. The first-order valence-electron chi connectivity index (χ1n) is 6.58. The predicted molar refractivity (Wildman–Crippen MR) is 87.2 cm³/mol. The van der Waals surface area contributed by atoms with E-state index in [1.165, 1.54) is 6.07 Å². The Morgan fingerprint density at radius 2 is 2.10 bits per heavy atom. The number of aromatic nitrogens is 2. The molecule has 108 valence electrons. The summed E-state index contributed by atoms with van der Waals surface area (Å²) in [5.74, 6) is 0.852. The fourth-order valence-electron chi connectivity index (χ4n) is 2.56. The maximum absolute atomic E-state index is 13.5. The van der Waals surface area contributed by atoms with E-state index in [-0.39, 0.29) is 11.9 Å². The average Bonchev–Trinajstić information content (AvgIpc) is 2.84. The molecule has 0 spiro atoms. The van der Waals surface area contributed by atoms with Gasteiger partial charge in [0.25, 0.3) is 0 Å². The summed E-state index contributed by atoms with van der Waals surface area (Å²) in [6.07, 6.45) is 0. The maximum Gasteiger partial charge on any atom is 0.125 e. The molecule has 3 aromatic rings. The van der Waals surface area contributed by atoms with Crippen LogP contribution in [-0.2, 0) is 5.88 Å². The van der Waals surface area contributed by atoms with Crippen LogP contribution >= 0.6 is 27.5 Å². The predicted octanol–water partition coefficient (Wildman–Crippen LogP) is 5.29. The number of benzene rings is 2. The molecule has 1 unspecified atom stereocenters. The quantitative estimate of drug-likeness (QED) is 0.575. The standard InChI is InChI=1S/C16H13BrClFN2/c1-10(11-3-2-4-13(19)7-11)21-15-8-12(17)5-6-14(15)20-16(21)9-18/h2-8,10H,9H2,1H3. The first-order valence-corrected chi connectivity index (χ1v) is 7.90. The number of alkyl halides is 1. The summed E-state index contributed by atoms with van der Waals surface area (Å²) >= 11 is 9.52. The molecule has 1 heterocycles. The smallest absolute Gasteiger partial charge is 0.125 e. The van der Waals surface area contributed by atoms with Crippen LogP contribution in [0.3, 0.4) is 0 Å². The van der Waals surface area contributed by atoms with Gasteiger partial charge in [0.05, 0.1) is 23.0 Å². The summed E-state index contributed by atoms with van der Waals surface area (Å²) < 4.78 is 16.5. The molecule has 0 saturated heterocycles. The fourth-order valence-corrected chi connectivity index (χ4v) is 3.10. The van der Waals surface area contributed by atoms with E-state index in [1.807, 2.05) is 31.2 Å². The topological polar surface area (TPSA) is 17.8 Å². The molecule has 0 bridgehead atoms. The molecule has 0 aliphatic rings. The van der Waals surface area contributed by atoms with E-state index in [2.05, 4.69) is 25.5 Å². The molecule has 0 aliphatic heterocycles. The first kappa shape index (κ1) is 14.5. The van der Waals surface area contributed by atoms with E-state index in [4.69, 9.17) is 11.6 Å². The molecule has 3 rings (SSSR count). The van der Waals surface area contributed by atoms with Gasteiger partial charge in [-0.15, -0.1) is 11.6 Å². The Labute approximate surface area is 135 Å². The van der Waals surface area contributed by atoms with Crippen molar-refractivity contribution in [2.45, 2.75) is 18.8 Å². The summed E-state index contributed by atoms with van der Waals surface area (Å²) in [5, 5.41) is 0. The van der Waals surface area contributed by atoms with Gasteiger partial charge in [-0.1, -0.05) is 28.1 Å². The van der Waals surface area contributed by atoms with Crippen LogP contribution in [0.25, 0.3) is 11.0 Å². The molecular formula is C16H13BrClFN2. The second-order valence-corrected chi connectivity index (χ2v) is 6.08. The Bertz CT molecular complexity index is 800. The molecule has 2 nitrogen and oxygen atoms in total. The third-order valence-electron chi connectivity index (χ3n) is 3.56. The van der Waals surface area contributed by atoms with Crippen molar-refractivity contribution < 1.29 is 4.39 Å². The van der Waals surface area contributed by atoms with E-state index in [9.17, 15) is 4.39 Å². The normalized spacial score (nSPS) is 12.8. The number of nitrogens with zero attached hydrogens (tertiary/aromatic N) is 2. The second kappa shape index (κ2) is 5.78. The minimum absolute atomic E-state index is 0.0475. The molecule has 0 saturated carbocycles. The Morgan fingerprint density at radius 1 is 1.29 bits per heavy atom. The van der Waals surface area contributed by atoms with Gasteiger partial charge in [-0.05, 0) is 42.8 Å². The highest BCUT2D eigenvalue weighted by atomic mass is 79.9. The highest BCUT2D eigenvalue weighted by Crippen LogP contribution is 2.29. The van der Waals surface area contributed by atoms with Gasteiger partial charge < -0.3 is 4.57 Å². The molecule has 0 N–H and O–H groups in total. The van der Waals surface area contributed by atoms with Crippen molar-refractivity contribution in [3.63, 3.8) is 0 Å². The van der Waals surface area contributed by atoms with Crippen LogP contribution in [0.2, 0.25) is 0 Å². The zero-order valence-electron chi connectivity index (χ0n) is 11.4. The van der Waals surface area contributed by atoms with Gasteiger partial charge in [-0.2, -0.15) is 0 Å². The molecule has 5 heteroatoms. The number of halogens is 3. The molecule has 0 aliphatic carbocycles. The molecular weight excluding hydrogens is 355 g/mol. The van der Waals surface area contributed by atoms with Crippen molar-refractivity contribution in [2.24, 2.45) is 0 Å². The number of imidazole rings is 1. The fraction of sp³-hybridized carbons (Fsp3) is 0.188. The van der Waals surface area contributed by atoms with Crippen LogP contribution in [0.4, 0.5) is 4.39 Å². The molecule has 1 aromatic heterocycles. The van der Waals surface area contributed by atoms with Gasteiger partial charge in [0.1, 0.15) is 11.6 Å². The van der Waals surface area contributed by atoms with Crippen molar-refractivity contribution >= 4 is 38.6 Å². The number of hydrogen-bond acceptors (Lipinski definition) is 1. The molecule has 0 fully saturated rings. The highest BCUT2D eigenvalue weighted by Gasteiger charge is 2.17. The van der Waals surface area contributed by atoms with Crippen molar-refractivity contribution in [1.82, 2.24) is 9.55 Å². The van der Waals surface area contributed by atoms with E-state index in [0.29, 0.717) is 5.88 Å². The summed E-state index contributed by atoms with van der Waals surface area (Å²) in [6.45, 7) is 2.02. The van der Waals surface area contributed by atoms with Gasteiger partial charge in [-0.3, -0.25) is 0 Å². The maximum atomic E-state index is 13.5. The van der Waals surface area contributed by atoms with Gasteiger partial charge in [0, 0.05) is 4.47 Å². The van der Waals surface area contributed by atoms with Crippen molar-refractivity contribution in [3.05, 3.63) is 64.1 Å². The molecule has 21 heavy (non-hydrogen) atoms. The summed E-state index contributed by atoms with van der Waals surface area (Å²) in [5.41, 5.74) is 2.76. The van der Waals surface area contributed by atoms with Gasteiger partial charge in [0.15, 0.2) is 0 Å². The van der Waals surface area contributed by atoms with Crippen molar-refractivity contribution in [2.75, 3.05) is 0 Å². The minimum Gasteiger partial charge on any atom is -0.320 e. The number of rotatable bonds is 3. The number of fused-ring (bicyclic) bond motifs is 1. The van der Waals surface area contributed by atoms with Crippen molar-refractivity contribution in [1.29, 1.82) is 0 Å². The van der Waals surface area contributed by atoms with Crippen LogP contribution in [0, 0.1) is 5.82 Å². The third kappa shape index (κ3) is 2.70. The molecule has 0 amide bonds. The summed E-state index contributed by atoms with van der Waals surface area (Å²) in [7, 11) is 0. The lowest BCUT2D eigenvalue weighted by Crippen LogP contribution is -2.10. The second-order valence-electron chi connectivity index (χ2n) is 4.90. The first-order chi connectivity index (χ1) is 10.1. The highest BCUT2D eigenvalue weighted by molar-refractivity contribution is 9.10.